The summed E-state index contributed by atoms with van der Waals surface area (Å²) in [5.41, 5.74) is 7.30. The molecule has 0 saturated carbocycles. The number of nitrogens with two attached hydrogens (primary N) is 1. The molecular weight excluding hydrogens is 192 g/mol. The maximum absolute atomic E-state index is 10.7. The van der Waals surface area contributed by atoms with E-state index in [1.54, 1.807) is 24.3 Å². The smallest absolute Gasteiger partial charge is 0.276 e. The zero-order chi connectivity index (χ0) is 11.4. The minimum Gasteiger partial charge on any atom is -0.324 e. The Morgan fingerprint density at radius 2 is 2.13 bits per heavy atom. The number of hydrogen-bond acceptors (Lipinski definition) is 3. The van der Waals surface area contributed by atoms with Gasteiger partial charge in [-0.15, -0.1) is 0 Å². The summed E-state index contributed by atoms with van der Waals surface area (Å²) < 4.78 is 0. The molecule has 1 rings (SSSR count). The molecule has 0 aliphatic carbocycles. The van der Waals surface area contributed by atoms with Gasteiger partial charge in [0.1, 0.15) is 0 Å². The van der Waals surface area contributed by atoms with E-state index in [4.69, 9.17) is 5.73 Å². The lowest BCUT2D eigenvalue weighted by Crippen LogP contribution is -2.15. The molecule has 1 unspecified atom stereocenters. The van der Waals surface area contributed by atoms with Gasteiger partial charge in [-0.2, -0.15) is 0 Å². The second kappa shape index (κ2) is 4.70. The van der Waals surface area contributed by atoms with Crippen molar-refractivity contribution in [3.8, 4) is 0 Å². The van der Waals surface area contributed by atoms with Crippen molar-refractivity contribution in [2.24, 2.45) is 5.73 Å². The van der Waals surface area contributed by atoms with Gasteiger partial charge in [-0.05, 0) is 26.0 Å². The first-order valence-corrected chi connectivity index (χ1v) is 4.69. The molecule has 80 valence electrons. The number of para-hydroxylation sites is 1. The third-order valence-electron chi connectivity index (χ3n) is 2.23. The van der Waals surface area contributed by atoms with Crippen LogP contribution >= 0.6 is 0 Å². The molecule has 4 heteroatoms. The molecule has 4 nitrogen and oxygen atoms in total. The van der Waals surface area contributed by atoms with Gasteiger partial charge in [-0.1, -0.05) is 17.7 Å². The van der Waals surface area contributed by atoms with Crippen LogP contribution in [0.15, 0.2) is 29.8 Å². The summed E-state index contributed by atoms with van der Waals surface area (Å²) >= 11 is 0. The lowest BCUT2D eigenvalue weighted by molar-refractivity contribution is -0.385. The molecule has 0 radical (unpaired) electrons. The van der Waals surface area contributed by atoms with E-state index in [0.29, 0.717) is 5.56 Å². The summed E-state index contributed by atoms with van der Waals surface area (Å²) in [6.45, 7) is 3.71. The normalized spacial score (nSPS) is 13.7. The molecule has 0 saturated heterocycles. The average Bonchev–Trinajstić information content (AvgIpc) is 2.18. The van der Waals surface area contributed by atoms with Gasteiger partial charge in [-0.25, -0.2) is 0 Å². The maximum atomic E-state index is 10.7. The second-order valence-corrected chi connectivity index (χ2v) is 3.49. The van der Waals surface area contributed by atoms with Crippen molar-refractivity contribution < 1.29 is 4.92 Å². The van der Waals surface area contributed by atoms with Crippen LogP contribution in [0.25, 0.3) is 6.08 Å². The van der Waals surface area contributed by atoms with Crippen LogP contribution in [0.2, 0.25) is 0 Å². The monoisotopic (exact) mass is 206 g/mol. The Kier molecular flexibility index (Phi) is 3.57. The van der Waals surface area contributed by atoms with Crippen LogP contribution < -0.4 is 5.73 Å². The first kappa shape index (κ1) is 11.4. The van der Waals surface area contributed by atoms with Crippen molar-refractivity contribution >= 4 is 11.8 Å². The van der Waals surface area contributed by atoms with E-state index in [-0.39, 0.29) is 16.7 Å². The Morgan fingerprint density at radius 3 is 2.67 bits per heavy atom. The van der Waals surface area contributed by atoms with Crippen LogP contribution in [0.1, 0.15) is 19.4 Å². The molecule has 0 aliphatic rings. The summed E-state index contributed by atoms with van der Waals surface area (Å²) in [7, 11) is 0. The van der Waals surface area contributed by atoms with Crippen molar-refractivity contribution in [1.29, 1.82) is 0 Å². The molecule has 0 aromatic heterocycles. The molecular formula is C11H14N2O2. The van der Waals surface area contributed by atoms with Crippen molar-refractivity contribution in [1.82, 2.24) is 0 Å². The summed E-state index contributed by atoms with van der Waals surface area (Å²) in [5, 5.41) is 10.7. The largest absolute Gasteiger partial charge is 0.324 e. The number of nitro groups is 1. The molecule has 15 heavy (non-hydrogen) atoms. The highest BCUT2D eigenvalue weighted by Crippen LogP contribution is 2.20. The van der Waals surface area contributed by atoms with Gasteiger partial charge in [0.2, 0.25) is 0 Å². The molecule has 0 heterocycles. The van der Waals surface area contributed by atoms with Gasteiger partial charge >= 0.3 is 0 Å². The van der Waals surface area contributed by atoms with Crippen molar-refractivity contribution in [3.63, 3.8) is 0 Å². The third kappa shape index (κ3) is 2.89. The van der Waals surface area contributed by atoms with Crippen LogP contribution in [-0.4, -0.2) is 11.0 Å². The molecule has 1 aromatic carbocycles. The number of nitrogens with zero attached hydrogens (tertiary/aromatic N) is 1. The van der Waals surface area contributed by atoms with Gasteiger partial charge in [0, 0.05) is 12.1 Å². The van der Waals surface area contributed by atoms with Gasteiger partial charge in [0.05, 0.1) is 10.5 Å². The molecule has 0 fully saturated rings. The van der Waals surface area contributed by atoms with Gasteiger partial charge in [0.25, 0.3) is 5.69 Å². The summed E-state index contributed by atoms with van der Waals surface area (Å²) in [5.74, 6) is 0. The number of benzene rings is 1. The van der Waals surface area contributed by atoms with E-state index in [1.165, 1.54) is 6.07 Å². The van der Waals surface area contributed by atoms with Gasteiger partial charge in [0.15, 0.2) is 0 Å². The lowest BCUT2D eigenvalue weighted by atomic mass is 10.1. The van der Waals surface area contributed by atoms with Crippen molar-refractivity contribution in [3.05, 3.63) is 45.5 Å². The molecule has 1 aromatic rings. The molecule has 0 bridgehead atoms. The molecule has 0 aliphatic heterocycles. The fraction of sp³-hybridized carbons (Fsp3) is 0.273. The Labute approximate surface area is 88.6 Å². The van der Waals surface area contributed by atoms with Crippen molar-refractivity contribution in [2.45, 2.75) is 19.9 Å². The minimum absolute atomic E-state index is 0.0928. The van der Waals surface area contributed by atoms with Gasteiger partial charge < -0.3 is 5.73 Å². The number of nitro benzene ring substituents is 1. The SMILES string of the molecule is C/C(=C\c1ccccc1[N+](=O)[O-])C(C)N. The van der Waals surface area contributed by atoms with Gasteiger partial charge in [-0.3, -0.25) is 10.1 Å². The molecule has 0 spiro atoms. The Morgan fingerprint density at radius 1 is 1.53 bits per heavy atom. The maximum Gasteiger partial charge on any atom is 0.276 e. The highest BCUT2D eigenvalue weighted by Gasteiger charge is 2.10. The van der Waals surface area contributed by atoms with E-state index in [9.17, 15) is 10.1 Å². The highest BCUT2D eigenvalue weighted by molar-refractivity contribution is 5.63. The Balaban J connectivity index is 3.15. The Bertz CT molecular complexity index is 397. The van der Waals surface area contributed by atoms with E-state index in [2.05, 4.69) is 0 Å². The highest BCUT2D eigenvalue weighted by atomic mass is 16.6. The predicted molar refractivity (Wildman–Crippen MR) is 60.4 cm³/mol. The average molecular weight is 206 g/mol. The standard InChI is InChI=1S/C11H14N2O2/c1-8(9(2)12)7-10-5-3-4-6-11(10)13(14)15/h3-7,9H,12H2,1-2H3/b8-7+. The summed E-state index contributed by atoms with van der Waals surface area (Å²) in [4.78, 5) is 10.3. The zero-order valence-corrected chi connectivity index (χ0v) is 8.81. The van der Waals surface area contributed by atoms with E-state index < -0.39 is 0 Å². The fourth-order valence-electron chi connectivity index (χ4n) is 1.15. The topological polar surface area (TPSA) is 69.2 Å². The van der Waals surface area contributed by atoms with Crippen LogP contribution in [-0.2, 0) is 0 Å². The Hall–Kier alpha value is -1.68. The second-order valence-electron chi connectivity index (χ2n) is 3.49. The van der Waals surface area contributed by atoms with E-state index >= 15 is 0 Å². The number of rotatable bonds is 3. The third-order valence-corrected chi connectivity index (χ3v) is 2.23. The van der Waals surface area contributed by atoms with E-state index in [1.807, 2.05) is 13.8 Å². The van der Waals surface area contributed by atoms with Crippen LogP contribution in [0.3, 0.4) is 0 Å². The first-order chi connectivity index (χ1) is 7.02. The molecule has 0 amide bonds. The fourth-order valence-corrected chi connectivity index (χ4v) is 1.15. The molecule has 1 atom stereocenters. The predicted octanol–water partition coefficient (Wildman–Crippen LogP) is 2.35. The molecule has 2 N–H and O–H groups in total. The minimum atomic E-state index is -0.389. The van der Waals surface area contributed by atoms with Crippen LogP contribution in [0.5, 0.6) is 0 Å². The van der Waals surface area contributed by atoms with Crippen molar-refractivity contribution in [2.75, 3.05) is 0 Å². The first-order valence-electron chi connectivity index (χ1n) is 4.69. The summed E-state index contributed by atoms with van der Waals surface area (Å²) in [6.07, 6.45) is 1.75. The number of hydrogen-bond donors (Lipinski definition) is 1. The lowest BCUT2D eigenvalue weighted by Gasteiger charge is -2.05. The summed E-state index contributed by atoms with van der Waals surface area (Å²) in [6, 6.07) is 6.53. The van der Waals surface area contributed by atoms with E-state index in [0.717, 1.165) is 5.57 Å². The van der Waals surface area contributed by atoms with Crippen LogP contribution in [0, 0.1) is 10.1 Å². The van der Waals surface area contributed by atoms with Crippen LogP contribution in [0.4, 0.5) is 5.69 Å². The zero-order valence-electron chi connectivity index (χ0n) is 8.81. The quantitative estimate of drug-likeness (QED) is 0.609.